The summed E-state index contributed by atoms with van der Waals surface area (Å²) in [5.41, 5.74) is 9.35. The van der Waals surface area contributed by atoms with Gasteiger partial charge in [-0.3, -0.25) is 9.10 Å². The summed E-state index contributed by atoms with van der Waals surface area (Å²) in [6, 6.07) is 16.9. The molecule has 3 aromatic rings. The zero-order valence-corrected chi connectivity index (χ0v) is 18.5. The zero-order valence-electron chi connectivity index (χ0n) is 16.9. The van der Waals surface area contributed by atoms with Crippen molar-refractivity contribution < 1.29 is 13.2 Å². The molecule has 160 valence electrons. The monoisotopic (exact) mass is 455 g/mol. The number of hydrogen-bond donors (Lipinski definition) is 2. The largest absolute Gasteiger partial charge is 0.398 e. The van der Waals surface area contributed by atoms with E-state index in [4.69, 9.17) is 17.3 Å². The molecule has 31 heavy (non-hydrogen) atoms. The van der Waals surface area contributed by atoms with E-state index in [9.17, 15) is 13.2 Å². The Balaban J connectivity index is 1.68. The molecule has 1 aliphatic heterocycles. The number of fused-ring (bicyclic) bond motifs is 1. The van der Waals surface area contributed by atoms with Gasteiger partial charge in [0.15, 0.2) is 0 Å². The first-order valence-corrected chi connectivity index (χ1v) is 11.7. The Labute approximate surface area is 186 Å². The number of rotatable bonds is 4. The molecule has 0 saturated heterocycles. The van der Waals surface area contributed by atoms with Crippen LogP contribution in [0.4, 0.5) is 17.1 Å². The number of nitrogens with one attached hydrogen (secondary N) is 1. The molecule has 0 spiro atoms. The number of nitrogen functional groups attached to an aromatic ring is 1. The van der Waals surface area contributed by atoms with Crippen molar-refractivity contribution in [2.45, 2.75) is 24.7 Å². The van der Waals surface area contributed by atoms with Crippen molar-refractivity contribution in [3.8, 4) is 0 Å². The average molecular weight is 456 g/mol. The second kappa shape index (κ2) is 8.24. The van der Waals surface area contributed by atoms with Crippen LogP contribution >= 0.6 is 11.6 Å². The highest BCUT2D eigenvalue weighted by atomic mass is 35.5. The number of benzene rings is 3. The molecule has 4 rings (SSSR count). The van der Waals surface area contributed by atoms with Crippen LogP contribution in [0.1, 0.15) is 27.9 Å². The minimum absolute atomic E-state index is 0.0566. The van der Waals surface area contributed by atoms with E-state index in [2.05, 4.69) is 5.32 Å². The molecule has 1 heterocycles. The molecule has 0 unspecified atom stereocenters. The Morgan fingerprint density at radius 2 is 1.87 bits per heavy atom. The Bertz CT molecular complexity index is 1270. The first-order chi connectivity index (χ1) is 14.8. The fourth-order valence-electron chi connectivity index (χ4n) is 3.70. The summed E-state index contributed by atoms with van der Waals surface area (Å²) in [5.74, 6) is -0.457. The van der Waals surface area contributed by atoms with Crippen LogP contribution < -0.4 is 15.4 Å². The second-order valence-corrected chi connectivity index (χ2v) is 9.71. The van der Waals surface area contributed by atoms with Crippen molar-refractivity contribution in [2.75, 3.05) is 21.9 Å². The molecule has 3 N–H and O–H groups in total. The number of hydrogen-bond acceptors (Lipinski definition) is 4. The second-order valence-electron chi connectivity index (χ2n) is 7.44. The number of anilines is 3. The highest BCUT2D eigenvalue weighted by Gasteiger charge is 2.29. The lowest BCUT2D eigenvalue weighted by Gasteiger charge is -2.30. The van der Waals surface area contributed by atoms with E-state index in [0.717, 1.165) is 24.0 Å². The van der Waals surface area contributed by atoms with E-state index >= 15 is 0 Å². The van der Waals surface area contributed by atoms with Crippen LogP contribution in [-0.2, 0) is 16.4 Å². The average Bonchev–Trinajstić information content (AvgIpc) is 2.76. The minimum atomic E-state index is -3.83. The van der Waals surface area contributed by atoms with Gasteiger partial charge in [-0.1, -0.05) is 41.9 Å². The highest BCUT2D eigenvalue weighted by Crippen LogP contribution is 2.34. The van der Waals surface area contributed by atoms with Crippen molar-refractivity contribution in [1.29, 1.82) is 0 Å². The van der Waals surface area contributed by atoms with E-state index in [1.165, 1.54) is 22.5 Å². The Kier molecular flexibility index (Phi) is 5.64. The van der Waals surface area contributed by atoms with Gasteiger partial charge in [-0.25, -0.2) is 8.42 Å². The molecule has 8 heteroatoms. The fourth-order valence-corrected chi connectivity index (χ4v) is 5.44. The van der Waals surface area contributed by atoms with Gasteiger partial charge in [0.2, 0.25) is 0 Å². The number of para-hydroxylation sites is 2. The molecule has 6 nitrogen and oxygen atoms in total. The van der Waals surface area contributed by atoms with Crippen molar-refractivity contribution in [1.82, 2.24) is 0 Å². The molecule has 3 aromatic carbocycles. The molecule has 1 aliphatic rings. The first-order valence-electron chi connectivity index (χ1n) is 9.85. The van der Waals surface area contributed by atoms with Crippen LogP contribution in [0.15, 0.2) is 65.6 Å². The number of nitrogens with two attached hydrogens (primary N) is 1. The van der Waals surface area contributed by atoms with E-state index in [1.807, 2.05) is 37.3 Å². The van der Waals surface area contributed by atoms with Gasteiger partial charge in [-0.2, -0.15) is 0 Å². The molecule has 0 aliphatic carbocycles. The van der Waals surface area contributed by atoms with Gasteiger partial charge in [0.25, 0.3) is 15.9 Å². The van der Waals surface area contributed by atoms with Crippen LogP contribution in [0.3, 0.4) is 0 Å². The Morgan fingerprint density at radius 1 is 1.10 bits per heavy atom. The van der Waals surface area contributed by atoms with Crippen molar-refractivity contribution >= 4 is 44.6 Å². The SMILES string of the molecule is Cc1cccc(C(=O)Nc2cc(S(=O)(=O)N3CCCc4ccccc43)ccc2Cl)c1N. The first kappa shape index (κ1) is 21.2. The van der Waals surface area contributed by atoms with Crippen molar-refractivity contribution in [3.63, 3.8) is 0 Å². The summed E-state index contributed by atoms with van der Waals surface area (Å²) < 4.78 is 28.3. The highest BCUT2D eigenvalue weighted by molar-refractivity contribution is 7.92. The molecule has 0 aromatic heterocycles. The summed E-state index contributed by atoms with van der Waals surface area (Å²) in [4.78, 5) is 12.8. The van der Waals surface area contributed by atoms with E-state index in [0.29, 0.717) is 23.5 Å². The van der Waals surface area contributed by atoms with Gasteiger partial charge in [-0.15, -0.1) is 0 Å². The van der Waals surface area contributed by atoms with E-state index in [1.54, 1.807) is 12.1 Å². The lowest BCUT2D eigenvalue weighted by Crippen LogP contribution is -2.35. The normalized spacial score (nSPS) is 13.5. The fraction of sp³-hybridized carbons (Fsp3) is 0.174. The third kappa shape index (κ3) is 3.98. The predicted octanol–water partition coefficient (Wildman–Crippen LogP) is 4.62. The van der Waals surface area contributed by atoms with Gasteiger partial charge in [-0.05, 0) is 61.2 Å². The van der Waals surface area contributed by atoms with Gasteiger partial charge < -0.3 is 11.1 Å². The third-order valence-electron chi connectivity index (χ3n) is 5.41. The van der Waals surface area contributed by atoms with Crippen LogP contribution in [-0.4, -0.2) is 20.9 Å². The standard InChI is InChI=1S/C23H22ClN3O3S/c1-15-6-4-9-18(22(15)25)23(28)26-20-14-17(11-12-19(20)24)31(29,30)27-13-5-8-16-7-2-3-10-21(16)27/h2-4,6-7,9-12,14H,5,8,13,25H2,1H3,(H,26,28). The van der Waals surface area contributed by atoms with E-state index < -0.39 is 15.9 Å². The predicted molar refractivity (Wildman–Crippen MR) is 124 cm³/mol. The number of carbonyl (C=O) groups excluding carboxylic acids is 1. The molecule has 0 fully saturated rings. The molecule has 0 atom stereocenters. The Hall–Kier alpha value is -3.03. The lowest BCUT2D eigenvalue weighted by molar-refractivity contribution is 0.102. The number of sulfonamides is 1. The van der Waals surface area contributed by atoms with E-state index in [-0.39, 0.29) is 15.6 Å². The number of halogens is 1. The summed E-state index contributed by atoms with van der Waals surface area (Å²) >= 11 is 6.26. The number of aryl methyl sites for hydroxylation is 2. The summed E-state index contributed by atoms with van der Waals surface area (Å²) in [6.07, 6.45) is 1.57. The maximum atomic E-state index is 13.4. The van der Waals surface area contributed by atoms with Gasteiger partial charge >= 0.3 is 0 Å². The van der Waals surface area contributed by atoms with Gasteiger partial charge in [0.1, 0.15) is 0 Å². The lowest BCUT2D eigenvalue weighted by atomic mass is 10.0. The molecular formula is C23H22ClN3O3S. The van der Waals surface area contributed by atoms with Crippen LogP contribution in [0.25, 0.3) is 0 Å². The summed E-state index contributed by atoms with van der Waals surface area (Å²) in [7, 11) is -3.83. The maximum Gasteiger partial charge on any atom is 0.264 e. The van der Waals surface area contributed by atoms with Crippen LogP contribution in [0.2, 0.25) is 5.02 Å². The summed E-state index contributed by atoms with van der Waals surface area (Å²) in [6.45, 7) is 2.20. The summed E-state index contributed by atoms with van der Waals surface area (Å²) in [5, 5.41) is 2.93. The Morgan fingerprint density at radius 3 is 2.68 bits per heavy atom. The molecule has 0 bridgehead atoms. The topological polar surface area (TPSA) is 92.5 Å². The van der Waals surface area contributed by atoms with Crippen molar-refractivity contribution in [3.05, 3.63) is 82.4 Å². The molecule has 0 radical (unpaired) electrons. The van der Waals surface area contributed by atoms with Gasteiger partial charge in [0.05, 0.1) is 26.9 Å². The van der Waals surface area contributed by atoms with Crippen LogP contribution in [0.5, 0.6) is 0 Å². The zero-order chi connectivity index (χ0) is 22.2. The maximum absolute atomic E-state index is 13.4. The molecular weight excluding hydrogens is 434 g/mol. The number of carbonyl (C=O) groups is 1. The smallest absolute Gasteiger partial charge is 0.264 e. The molecule has 0 saturated carbocycles. The number of amides is 1. The number of nitrogens with zero attached hydrogens (tertiary/aromatic N) is 1. The van der Waals surface area contributed by atoms with Crippen LogP contribution in [0, 0.1) is 6.92 Å². The third-order valence-corrected chi connectivity index (χ3v) is 7.55. The minimum Gasteiger partial charge on any atom is -0.398 e. The molecule has 1 amide bonds. The van der Waals surface area contributed by atoms with Crippen molar-refractivity contribution in [2.24, 2.45) is 0 Å². The van der Waals surface area contributed by atoms with Gasteiger partial charge in [0, 0.05) is 12.2 Å². The quantitative estimate of drug-likeness (QED) is 0.561.